The summed E-state index contributed by atoms with van der Waals surface area (Å²) in [6.45, 7) is 1.03. The summed E-state index contributed by atoms with van der Waals surface area (Å²) in [5.74, 6) is 0.449. The third-order valence-electron chi connectivity index (χ3n) is 4.22. The molecule has 0 aromatic heterocycles. The van der Waals surface area contributed by atoms with Gasteiger partial charge in [0.1, 0.15) is 5.75 Å². The predicted molar refractivity (Wildman–Crippen MR) is 87.0 cm³/mol. The van der Waals surface area contributed by atoms with Crippen LogP contribution in [-0.2, 0) is 11.2 Å². The number of nitrogens with one attached hydrogen (secondary N) is 1. The van der Waals surface area contributed by atoms with E-state index < -0.39 is 0 Å². The van der Waals surface area contributed by atoms with Gasteiger partial charge in [0, 0.05) is 17.8 Å². The van der Waals surface area contributed by atoms with Crippen LogP contribution in [0.4, 0.5) is 11.4 Å². The Hall–Kier alpha value is -2.82. The van der Waals surface area contributed by atoms with E-state index in [1.165, 1.54) is 5.56 Å². The second-order valence-corrected chi connectivity index (χ2v) is 5.69. The first-order valence-electron chi connectivity index (χ1n) is 7.69. The van der Waals surface area contributed by atoms with Crippen LogP contribution in [0.5, 0.6) is 5.75 Å². The van der Waals surface area contributed by atoms with Crippen LogP contribution in [0, 0.1) is 0 Å². The fourth-order valence-corrected chi connectivity index (χ4v) is 3.06. The molecule has 0 spiro atoms. The highest BCUT2D eigenvalue weighted by atomic mass is 16.5. The Morgan fingerprint density at radius 3 is 2.91 bits per heavy atom. The van der Waals surface area contributed by atoms with Gasteiger partial charge in [-0.3, -0.25) is 9.59 Å². The highest BCUT2D eigenvalue weighted by Crippen LogP contribution is 2.32. The minimum Gasteiger partial charge on any atom is -0.491 e. The number of carbonyl (C=O) groups excluding carboxylic acids is 2. The molecule has 5 nitrogen and oxygen atoms in total. The summed E-state index contributed by atoms with van der Waals surface area (Å²) < 4.78 is 5.53. The van der Waals surface area contributed by atoms with Crippen molar-refractivity contribution in [2.24, 2.45) is 0 Å². The molecule has 2 aliphatic rings. The van der Waals surface area contributed by atoms with Gasteiger partial charge in [0.05, 0.1) is 18.7 Å². The Kier molecular flexibility index (Phi) is 3.26. The van der Waals surface area contributed by atoms with E-state index in [2.05, 4.69) is 5.32 Å². The lowest BCUT2D eigenvalue weighted by atomic mass is 10.1. The largest absolute Gasteiger partial charge is 0.491 e. The van der Waals surface area contributed by atoms with Crippen molar-refractivity contribution in [3.05, 3.63) is 53.6 Å². The summed E-state index contributed by atoms with van der Waals surface area (Å²) in [5.41, 5.74) is 3.26. The van der Waals surface area contributed by atoms with Crippen LogP contribution in [0.25, 0.3) is 0 Å². The fraction of sp³-hybridized carbons (Fsp3) is 0.222. The van der Waals surface area contributed by atoms with E-state index in [4.69, 9.17) is 4.74 Å². The van der Waals surface area contributed by atoms with Gasteiger partial charge in [0.25, 0.3) is 5.91 Å². The van der Waals surface area contributed by atoms with E-state index in [0.717, 1.165) is 12.1 Å². The Labute approximate surface area is 133 Å². The zero-order valence-corrected chi connectivity index (χ0v) is 12.5. The number of benzene rings is 2. The predicted octanol–water partition coefficient (Wildman–Crippen LogP) is 2.61. The molecule has 5 heteroatoms. The third-order valence-corrected chi connectivity index (χ3v) is 4.22. The Morgan fingerprint density at radius 2 is 2.00 bits per heavy atom. The molecule has 2 aromatic carbocycles. The first kappa shape index (κ1) is 13.8. The number of rotatable bonds is 1. The maximum Gasteiger partial charge on any atom is 0.258 e. The molecule has 23 heavy (non-hydrogen) atoms. The molecule has 4 rings (SSSR count). The van der Waals surface area contributed by atoms with E-state index in [1.807, 2.05) is 24.3 Å². The molecule has 0 saturated heterocycles. The molecule has 0 radical (unpaired) electrons. The summed E-state index contributed by atoms with van der Waals surface area (Å²) in [6.07, 6.45) is 1.18. The number of ether oxygens (including phenoxy) is 1. The zero-order valence-electron chi connectivity index (χ0n) is 12.5. The van der Waals surface area contributed by atoms with Crippen LogP contribution in [0.15, 0.2) is 42.5 Å². The lowest BCUT2D eigenvalue weighted by Gasteiger charge is -2.18. The number of hydrogen-bond donors (Lipinski definition) is 1. The van der Waals surface area contributed by atoms with Gasteiger partial charge in [-0.15, -0.1) is 0 Å². The standard InChI is InChI=1S/C18H16N2O3/c21-17-8-10-23-16-6-5-13(11-14(16)19-17)18(22)20-9-7-12-3-1-2-4-15(12)20/h1-6,11H,7-10H2,(H,19,21). The van der Waals surface area contributed by atoms with Crippen LogP contribution in [-0.4, -0.2) is 25.0 Å². The van der Waals surface area contributed by atoms with E-state index in [1.54, 1.807) is 23.1 Å². The molecule has 0 fully saturated rings. The molecular weight excluding hydrogens is 292 g/mol. The van der Waals surface area contributed by atoms with Crippen molar-refractivity contribution in [3.63, 3.8) is 0 Å². The van der Waals surface area contributed by atoms with Crippen molar-refractivity contribution in [2.75, 3.05) is 23.4 Å². The van der Waals surface area contributed by atoms with Crippen LogP contribution in [0.1, 0.15) is 22.3 Å². The van der Waals surface area contributed by atoms with Crippen LogP contribution < -0.4 is 15.0 Å². The Morgan fingerprint density at radius 1 is 1.13 bits per heavy atom. The van der Waals surface area contributed by atoms with Crippen LogP contribution in [0.3, 0.4) is 0 Å². The van der Waals surface area contributed by atoms with Gasteiger partial charge in [0.2, 0.25) is 5.91 Å². The topological polar surface area (TPSA) is 58.6 Å². The summed E-state index contributed by atoms with van der Waals surface area (Å²) in [6, 6.07) is 13.1. The number of para-hydroxylation sites is 1. The van der Waals surface area contributed by atoms with Gasteiger partial charge in [-0.05, 0) is 36.2 Å². The molecule has 2 amide bonds. The number of anilines is 2. The highest BCUT2D eigenvalue weighted by Gasteiger charge is 2.26. The number of carbonyl (C=O) groups is 2. The Balaban J connectivity index is 1.66. The van der Waals surface area contributed by atoms with Gasteiger partial charge in [0.15, 0.2) is 0 Å². The summed E-state index contributed by atoms with van der Waals surface area (Å²) >= 11 is 0. The smallest absolute Gasteiger partial charge is 0.258 e. The SMILES string of the molecule is O=C1CCOc2ccc(C(=O)N3CCc4ccccc43)cc2N1. The summed E-state index contributed by atoms with van der Waals surface area (Å²) in [5, 5.41) is 2.79. The minimum atomic E-state index is -0.0973. The maximum atomic E-state index is 12.8. The van der Waals surface area contributed by atoms with Gasteiger partial charge >= 0.3 is 0 Å². The number of amides is 2. The average molecular weight is 308 g/mol. The van der Waals surface area contributed by atoms with Crippen molar-refractivity contribution >= 4 is 23.2 Å². The van der Waals surface area contributed by atoms with E-state index >= 15 is 0 Å². The van der Waals surface area contributed by atoms with Crippen molar-refractivity contribution in [2.45, 2.75) is 12.8 Å². The summed E-state index contributed by atoms with van der Waals surface area (Å²) in [4.78, 5) is 26.3. The minimum absolute atomic E-state index is 0.0590. The average Bonchev–Trinajstić information content (AvgIpc) is 2.90. The van der Waals surface area contributed by atoms with Crippen LogP contribution in [0.2, 0.25) is 0 Å². The molecule has 1 N–H and O–H groups in total. The maximum absolute atomic E-state index is 12.8. The lowest BCUT2D eigenvalue weighted by molar-refractivity contribution is -0.116. The van der Waals surface area contributed by atoms with Crippen molar-refractivity contribution in [3.8, 4) is 5.75 Å². The zero-order chi connectivity index (χ0) is 15.8. The van der Waals surface area contributed by atoms with E-state index in [9.17, 15) is 9.59 Å². The first-order valence-corrected chi connectivity index (χ1v) is 7.69. The van der Waals surface area contributed by atoms with Crippen molar-refractivity contribution in [1.29, 1.82) is 0 Å². The molecule has 0 bridgehead atoms. The molecule has 116 valence electrons. The molecule has 0 saturated carbocycles. The normalized spacial score (nSPS) is 16.0. The van der Waals surface area contributed by atoms with Crippen LogP contribution >= 0.6 is 0 Å². The molecule has 0 aliphatic carbocycles. The van der Waals surface area contributed by atoms with Gasteiger partial charge in [-0.1, -0.05) is 18.2 Å². The summed E-state index contributed by atoms with van der Waals surface area (Å²) in [7, 11) is 0. The molecule has 2 heterocycles. The molecular formula is C18H16N2O3. The first-order chi connectivity index (χ1) is 11.2. The molecule has 2 aliphatic heterocycles. The second-order valence-electron chi connectivity index (χ2n) is 5.69. The highest BCUT2D eigenvalue weighted by molar-refractivity contribution is 6.08. The van der Waals surface area contributed by atoms with Gasteiger partial charge in [-0.25, -0.2) is 0 Å². The Bertz CT molecular complexity index is 801. The van der Waals surface area contributed by atoms with E-state index in [0.29, 0.717) is 36.6 Å². The third kappa shape index (κ3) is 2.44. The van der Waals surface area contributed by atoms with Gasteiger partial charge < -0.3 is 15.0 Å². The monoisotopic (exact) mass is 308 g/mol. The molecule has 2 aromatic rings. The van der Waals surface area contributed by atoms with Crippen molar-refractivity contribution < 1.29 is 14.3 Å². The van der Waals surface area contributed by atoms with E-state index in [-0.39, 0.29) is 11.8 Å². The lowest BCUT2D eigenvalue weighted by Crippen LogP contribution is -2.28. The molecule has 0 unspecified atom stereocenters. The van der Waals surface area contributed by atoms with Gasteiger partial charge in [-0.2, -0.15) is 0 Å². The second kappa shape index (κ2) is 5.43. The van der Waals surface area contributed by atoms with Crippen molar-refractivity contribution in [1.82, 2.24) is 0 Å². The number of hydrogen-bond acceptors (Lipinski definition) is 3. The number of nitrogens with zero attached hydrogens (tertiary/aromatic N) is 1. The quantitative estimate of drug-likeness (QED) is 0.881. The molecule has 0 atom stereocenters. The number of fused-ring (bicyclic) bond motifs is 2. The fourth-order valence-electron chi connectivity index (χ4n) is 3.06.